The first-order valence-corrected chi connectivity index (χ1v) is 22.0. The van der Waals surface area contributed by atoms with E-state index >= 15 is 0 Å². The van der Waals surface area contributed by atoms with Crippen LogP contribution in [0.1, 0.15) is 103 Å². The fourth-order valence-corrected chi connectivity index (χ4v) is 12.9. The van der Waals surface area contributed by atoms with E-state index in [0.29, 0.717) is 9.80 Å². The van der Waals surface area contributed by atoms with E-state index in [0.717, 1.165) is 55.0 Å². The van der Waals surface area contributed by atoms with Gasteiger partial charge in [-0.15, -0.1) is 11.3 Å². The van der Waals surface area contributed by atoms with E-state index < -0.39 is 9.84 Å². The Balaban J connectivity index is 1.33. The molecule has 0 spiro atoms. The maximum atomic E-state index is 14.7. The molecule has 7 aromatic rings. The highest BCUT2D eigenvalue weighted by molar-refractivity contribution is 8.01. The number of sulfone groups is 1. The summed E-state index contributed by atoms with van der Waals surface area (Å²) in [6, 6.07) is 34.9. The summed E-state index contributed by atoms with van der Waals surface area (Å²) in [4.78, 5) is 2.16. The van der Waals surface area contributed by atoms with Crippen LogP contribution in [-0.4, -0.2) is 8.42 Å². The number of hydrogen-bond acceptors (Lipinski definition) is 3. The maximum absolute atomic E-state index is 14.7. The minimum absolute atomic E-state index is 0.0103. The van der Waals surface area contributed by atoms with Crippen molar-refractivity contribution in [2.45, 2.75) is 85.0 Å². The van der Waals surface area contributed by atoms with Gasteiger partial charge in [-0.25, -0.2) is 8.42 Å². The minimum atomic E-state index is -3.76. The molecule has 3 aliphatic rings. The Kier molecular flexibility index (Phi) is 7.28. The molecule has 278 valence electrons. The zero-order valence-electron chi connectivity index (χ0n) is 33.9. The Morgan fingerprint density at radius 3 is 1.59 bits per heavy atom. The Morgan fingerprint density at radius 2 is 1.00 bits per heavy atom. The van der Waals surface area contributed by atoms with Crippen molar-refractivity contribution in [1.82, 2.24) is 0 Å². The SMILES string of the molecule is Cc1cc(C(C)(C)C)cc(C)c1C1=c2cc3cc4c(cc3cc2C2=C1c1ccccc1S2(=O)=O)=C(c1c(C)cc(C(C)(C)C)cc1C)c1c-4sc2ccccc12. The summed E-state index contributed by atoms with van der Waals surface area (Å²) in [6.45, 7) is 22.5. The van der Waals surface area contributed by atoms with E-state index in [1.54, 1.807) is 6.07 Å². The smallest absolute Gasteiger partial charge is 0.208 e. The standard InChI is InChI=1S/C52H46O2S2/c1-27-19-33(51(5,6)7)20-28(2)43(27)45-37-23-32-26-40-38(24-31(32)25-39(37)49-47(45)35-15-11-13-17-41(35)55-49)46(44-29(3)21-34(22-30(44)4)52(8,9)10)48-36-16-12-14-18-42(36)56(53,54)50(40)48/h11-26H,1-10H3. The lowest BCUT2D eigenvalue weighted by Gasteiger charge is -2.23. The molecule has 0 saturated heterocycles. The highest BCUT2D eigenvalue weighted by atomic mass is 32.2. The van der Waals surface area contributed by atoms with Gasteiger partial charge in [0.15, 0.2) is 0 Å². The van der Waals surface area contributed by atoms with E-state index in [9.17, 15) is 8.42 Å². The molecule has 2 nitrogen and oxygen atoms in total. The number of allylic oxidation sites excluding steroid dienone is 1. The molecule has 1 aliphatic heterocycles. The quantitative estimate of drug-likeness (QED) is 0.176. The van der Waals surface area contributed by atoms with Crippen molar-refractivity contribution in [3.05, 3.63) is 169 Å². The monoisotopic (exact) mass is 766 g/mol. The Bertz CT molecular complexity index is 3200. The van der Waals surface area contributed by atoms with Gasteiger partial charge in [-0.05, 0) is 152 Å². The molecule has 1 aromatic heterocycles. The average molecular weight is 767 g/mol. The van der Waals surface area contributed by atoms with Gasteiger partial charge in [0.25, 0.3) is 0 Å². The summed E-state index contributed by atoms with van der Waals surface area (Å²) in [7, 11) is -3.76. The third kappa shape index (κ3) is 4.82. The van der Waals surface area contributed by atoms with Crippen LogP contribution in [0.25, 0.3) is 52.9 Å². The molecule has 0 unspecified atom stereocenters. The Labute approximate surface area is 334 Å². The predicted octanol–water partition coefficient (Wildman–Crippen LogP) is 12.0. The molecule has 0 radical (unpaired) electrons. The number of thiophene rings is 1. The fourth-order valence-electron chi connectivity index (χ4n) is 9.79. The van der Waals surface area contributed by atoms with Crippen molar-refractivity contribution in [1.29, 1.82) is 0 Å². The second kappa shape index (κ2) is 11.5. The molecule has 10 rings (SSSR count). The molecule has 2 aliphatic carbocycles. The predicted molar refractivity (Wildman–Crippen MR) is 238 cm³/mol. The molecule has 56 heavy (non-hydrogen) atoms. The topological polar surface area (TPSA) is 34.1 Å². The highest BCUT2D eigenvalue weighted by Crippen LogP contribution is 2.53. The van der Waals surface area contributed by atoms with Crippen LogP contribution in [0, 0.1) is 27.7 Å². The lowest BCUT2D eigenvalue weighted by atomic mass is 9.81. The number of rotatable bonds is 2. The summed E-state index contributed by atoms with van der Waals surface area (Å²) in [5, 5.41) is 5.68. The van der Waals surface area contributed by atoms with E-state index in [1.165, 1.54) is 64.7 Å². The zero-order valence-corrected chi connectivity index (χ0v) is 35.5. The van der Waals surface area contributed by atoms with Gasteiger partial charge in [-0.3, -0.25) is 0 Å². The van der Waals surface area contributed by atoms with Crippen molar-refractivity contribution in [2.75, 3.05) is 0 Å². The molecule has 0 bridgehead atoms. The first kappa shape index (κ1) is 35.4. The van der Waals surface area contributed by atoms with Crippen molar-refractivity contribution in [3.8, 4) is 10.4 Å². The van der Waals surface area contributed by atoms with Gasteiger partial charge in [0.2, 0.25) is 9.84 Å². The van der Waals surface area contributed by atoms with Gasteiger partial charge >= 0.3 is 0 Å². The van der Waals surface area contributed by atoms with Crippen molar-refractivity contribution in [3.63, 3.8) is 0 Å². The van der Waals surface area contributed by atoms with Crippen LogP contribution in [0.5, 0.6) is 0 Å². The molecule has 6 aromatic carbocycles. The average Bonchev–Trinajstić information content (AvgIpc) is 3.81. The van der Waals surface area contributed by atoms with E-state index in [2.05, 4.69) is 142 Å². The number of fused-ring (bicyclic) bond motifs is 10. The minimum Gasteiger partial charge on any atom is -0.218 e. The van der Waals surface area contributed by atoms with Gasteiger partial charge in [0.1, 0.15) is 0 Å². The lowest BCUT2D eigenvalue weighted by Crippen LogP contribution is -2.16. The van der Waals surface area contributed by atoms with Gasteiger partial charge in [-0.1, -0.05) is 102 Å². The Hall–Kier alpha value is -5.03. The van der Waals surface area contributed by atoms with Gasteiger partial charge in [0.05, 0.1) is 9.80 Å². The van der Waals surface area contributed by atoms with E-state index in [-0.39, 0.29) is 10.8 Å². The van der Waals surface area contributed by atoms with Gasteiger partial charge in [0, 0.05) is 42.8 Å². The third-order valence-electron chi connectivity index (χ3n) is 12.5. The van der Waals surface area contributed by atoms with Crippen LogP contribution in [0.3, 0.4) is 0 Å². The number of aryl methyl sites for hydroxylation is 4. The first-order chi connectivity index (χ1) is 26.4. The summed E-state index contributed by atoms with van der Waals surface area (Å²) in [5.41, 5.74) is 17.3. The van der Waals surface area contributed by atoms with Gasteiger partial charge < -0.3 is 0 Å². The molecular weight excluding hydrogens is 721 g/mol. The number of hydrogen-bond donors (Lipinski definition) is 0. The zero-order chi connectivity index (χ0) is 39.4. The molecule has 0 atom stereocenters. The van der Waals surface area contributed by atoms with Crippen LogP contribution in [0.2, 0.25) is 0 Å². The van der Waals surface area contributed by atoms with Gasteiger partial charge in [-0.2, -0.15) is 0 Å². The molecule has 0 amide bonds. The van der Waals surface area contributed by atoms with Crippen molar-refractivity contribution in [2.24, 2.45) is 0 Å². The van der Waals surface area contributed by atoms with E-state index in [4.69, 9.17) is 0 Å². The maximum Gasteiger partial charge on any atom is 0.208 e. The molecule has 0 N–H and O–H groups in total. The van der Waals surface area contributed by atoms with E-state index in [1.807, 2.05) is 29.5 Å². The summed E-state index contributed by atoms with van der Waals surface area (Å²) >= 11 is 1.88. The normalized spacial score (nSPS) is 15.5. The molecule has 0 saturated carbocycles. The van der Waals surface area contributed by atoms with Crippen molar-refractivity contribution >= 4 is 63.7 Å². The fraction of sp³-hybridized carbons (Fsp3) is 0.231. The molecule has 0 fully saturated rings. The Morgan fingerprint density at radius 1 is 0.500 bits per heavy atom. The van der Waals surface area contributed by atoms with Crippen LogP contribution in [0.4, 0.5) is 0 Å². The third-order valence-corrected chi connectivity index (χ3v) is 15.6. The second-order valence-electron chi connectivity index (χ2n) is 18.4. The summed E-state index contributed by atoms with van der Waals surface area (Å²) in [5.74, 6) is 0. The molecule has 4 heteroatoms. The largest absolute Gasteiger partial charge is 0.218 e. The second-order valence-corrected chi connectivity index (χ2v) is 21.3. The number of benzene rings is 6. The van der Waals surface area contributed by atoms with Crippen LogP contribution >= 0.6 is 11.3 Å². The first-order valence-electron chi connectivity index (χ1n) is 19.7. The molecular formula is C52H46O2S2. The highest BCUT2D eigenvalue weighted by Gasteiger charge is 2.43. The summed E-state index contributed by atoms with van der Waals surface area (Å²) < 4.78 is 30.6. The lowest BCUT2D eigenvalue weighted by molar-refractivity contribution is 0.589. The summed E-state index contributed by atoms with van der Waals surface area (Å²) in [6.07, 6.45) is 0. The van der Waals surface area contributed by atoms with Crippen LogP contribution < -0.4 is 10.4 Å². The molecule has 2 heterocycles. The van der Waals surface area contributed by atoms with Crippen molar-refractivity contribution < 1.29 is 8.42 Å². The van der Waals surface area contributed by atoms with Crippen LogP contribution in [-0.2, 0) is 20.7 Å². The van der Waals surface area contributed by atoms with Crippen LogP contribution in [0.15, 0.2) is 102 Å².